The number of carbonyl (C=O) groups is 2. The van der Waals surface area contributed by atoms with Gasteiger partial charge in [-0.3, -0.25) is 14.8 Å². The van der Waals surface area contributed by atoms with Crippen LogP contribution in [0.25, 0.3) is 0 Å². The van der Waals surface area contributed by atoms with E-state index >= 15 is 0 Å². The summed E-state index contributed by atoms with van der Waals surface area (Å²) in [5, 5.41) is 20.8. The summed E-state index contributed by atoms with van der Waals surface area (Å²) in [6.07, 6.45) is 0. The molecule has 23 heavy (non-hydrogen) atoms. The first kappa shape index (κ1) is 16.6. The van der Waals surface area contributed by atoms with Gasteiger partial charge < -0.3 is 10.5 Å². The molecular formula is C16H17N3O4. The highest BCUT2D eigenvalue weighted by atomic mass is 16.5. The maximum absolute atomic E-state index is 12.2. The van der Waals surface area contributed by atoms with Gasteiger partial charge in [-0.15, -0.1) is 0 Å². The highest BCUT2D eigenvalue weighted by Gasteiger charge is 2.31. The van der Waals surface area contributed by atoms with Crippen molar-refractivity contribution in [2.75, 3.05) is 0 Å². The zero-order chi connectivity index (χ0) is 16.7. The summed E-state index contributed by atoms with van der Waals surface area (Å²) in [5.41, 5.74) is 4.43. The molecule has 7 nitrogen and oxygen atoms in total. The van der Waals surface area contributed by atoms with Crippen molar-refractivity contribution in [2.45, 2.75) is 12.1 Å². The highest BCUT2D eigenvalue weighted by Crippen LogP contribution is 2.17. The van der Waals surface area contributed by atoms with Crippen LogP contribution in [0.1, 0.15) is 22.0 Å². The quantitative estimate of drug-likeness (QED) is 0.404. The average molecular weight is 315 g/mol. The van der Waals surface area contributed by atoms with Gasteiger partial charge in [-0.2, -0.15) is 5.48 Å². The highest BCUT2D eigenvalue weighted by molar-refractivity contribution is 5.97. The van der Waals surface area contributed by atoms with Gasteiger partial charge in [0.25, 0.3) is 11.8 Å². The molecule has 5 N–H and O–H groups in total. The van der Waals surface area contributed by atoms with E-state index in [0.717, 1.165) is 0 Å². The molecular weight excluding hydrogens is 298 g/mol. The fraction of sp³-hybridized carbons (Fsp3) is 0.125. The van der Waals surface area contributed by atoms with E-state index in [1.54, 1.807) is 60.7 Å². The van der Waals surface area contributed by atoms with Crippen molar-refractivity contribution in [3.8, 4) is 0 Å². The molecule has 0 saturated heterocycles. The number of hydroxylamine groups is 2. The van der Waals surface area contributed by atoms with Crippen LogP contribution in [0.2, 0.25) is 0 Å². The molecule has 0 aliphatic carbocycles. The Kier molecular flexibility index (Phi) is 5.81. The second-order valence-corrected chi connectivity index (χ2v) is 4.81. The predicted octanol–water partition coefficient (Wildman–Crippen LogP) is 1.01. The zero-order valence-electron chi connectivity index (χ0n) is 12.1. The first-order valence-electron chi connectivity index (χ1n) is 6.91. The monoisotopic (exact) mass is 315 g/mol. The molecule has 0 bridgehead atoms. The topological polar surface area (TPSA) is 111 Å². The summed E-state index contributed by atoms with van der Waals surface area (Å²) in [4.78, 5) is 24.2. The van der Waals surface area contributed by atoms with E-state index in [1.807, 2.05) is 5.48 Å². The summed E-state index contributed by atoms with van der Waals surface area (Å²) in [6, 6.07) is 14.8. The van der Waals surface area contributed by atoms with Crippen molar-refractivity contribution in [2.24, 2.45) is 0 Å². The molecule has 2 aromatic carbocycles. The van der Waals surface area contributed by atoms with Crippen molar-refractivity contribution >= 4 is 11.8 Å². The molecule has 0 spiro atoms. The van der Waals surface area contributed by atoms with E-state index in [0.29, 0.717) is 11.1 Å². The lowest BCUT2D eigenvalue weighted by Crippen LogP contribution is -2.52. The lowest BCUT2D eigenvalue weighted by molar-refractivity contribution is -0.132. The Balaban J connectivity index is 2.26. The minimum absolute atomic E-state index is 0.355. The fourth-order valence-corrected chi connectivity index (χ4v) is 2.19. The first-order chi connectivity index (χ1) is 11.2. The van der Waals surface area contributed by atoms with E-state index in [4.69, 9.17) is 5.21 Å². The van der Waals surface area contributed by atoms with E-state index in [2.05, 4.69) is 5.32 Å². The van der Waals surface area contributed by atoms with Crippen LogP contribution in [0.3, 0.4) is 0 Å². The maximum atomic E-state index is 12.2. The second-order valence-electron chi connectivity index (χ2n) is 4.81. The molecule has 0 aliphatic rings. The number of nitrogens with one attached hydrogen (secondary N) is 3. The summed E-state index contributed by atoms with van der Waals surface area (Å²) < 4.78 is 0. The van der Waals surface area contributed by atoms with Gasteiger partial charge >= 0.3 is 0 Å². The molecule has 2 atom stereocenters. The molecule has 0 aliphatic heterocycles. The predicted molar refractivity (Wildman–Crippen MR) is 81.7 cm³/mol. The lowest BCUT2D eigenvalue weighted by atomic mass is 9.99. The smallest absolute Gasteiger partial charge is 0.267 e. The van der Waals surface area contributed by atoms with Crippen molar-refractivity contribution in [1.29, 1.82) is 0 Å². The molecule has 120 valence electrons. The van der Waals surface area contributed by atoms with Crippen molar-refractivity contribution < 1.29 is 20.0 Å². The molecule has 0 radical (unpaired) electrons. The summed E-state index contributed by atoms with van der Waals surface area (Å²) in [5.74, 6) is -1.36. The SMILES string of the molecule is O=C(N[C@H](C(=O)NO)[C@@H](NO)c1ccccc1)c1ccccc1. The van der Waals surface area contributed by atoms with E-state index in [9.17, 15) is 14.8 Å². The van der Waals surface area contributed by atoms with Gasteiger partial charge in [0.15, 0.2) is 0 Å². The van der Waals surface area contributed by atoms with Crippen molar-refractivity contribution in [1.82, 2.24) is 16.3 Å². The Bertz CT molecular complexity index is 649. The third-order valence-corrected chi connectivity index (χ3v) is 3.35. The first-order valence-corrected chi connectivity index (χ1v) is 6.91. The Morgan fingerprint density at radius 2 is 1.43 bits per heavy atom. The van der Waals surface area contributed by atoms with Gasteiger partial charge in [-0.1, -0.05) is 48.5 Å². The number of hydrogen-bond acceptors (Lipinski definition) is 5. The molecule has 2 rings (SSSR count). The van der Waals surface area contributed by atoms with E-state index in [1.165, 1.54) is 5.48 Å². The third kappa shape index (κ3) is 4.13. The molecule has 0 saturated carbocycles. The van der Waals surface area contributed by atoms with Gasteiger partial charge in [0.05, 0.1) is 6.04 Å². The van der Waals surface area contributed by atoms with Crippen LogP contribution in [0.5, 0.6) is 0 Å². The van der Waals surface area contributed by atoms with E-state index in [-0.39, 0.29) is 0 Å². The van der Waals surface area contributed by atoms with Crippen LogP contribution >= 0.6 is 0 Å². The standard InChI is InChI=1S/C16H17N3O4/c20-15(12-9-5-2-6-10-12)17-14(16(21)19-23)13(18-22)11-7-3-1-4-8-11/h1-10,13-14,18,22-23H,(H,17,20)(H,19,21)/t13-,14-/m0/s1. The van der Waals surface area contributed by atoms with Crippen LogP contribution < -0.4 is 16.3 Å². The normalized spacial score (nSPS) is 13.0. The average Bonchev–Trinajstić information content (AvgIpc) is 2.62. The molecule has 0 fully saturated rings. The van der Waals surface area contributed by atoms with Gasteiger partial charge in [0.2, 0.25) is 0 Å². The molecule has 0 aromatic heterocycles. The Hall–Kier alpha value is -2.74. The molecule has 7 heteroatoms. The largest absolute Gasteiger partial charge is 0.338 e. The number of rotatable bonds is 6. The molecule has 0 heterocycles. The zero-order valence-corrected chi connectivity index (χ0v) is 12.1. The summed E-state index contributed by atoms with van der Waals surface area (Å²) in [7, 11) is 0. The Morgan fingerprint density at radius 3 is 1.96 bits per heavy atom. The molecule has 0 unspecified atom stereocenters. The Morgan fingerprint density at radius 1 is 0.870 bits per heavy atom. The fourth-order valence-electron chi connectivity index (χ4n) is 2.19. The van der Waals surface area contributed by atoms with Crippen LogP contribution in [-0.4, -0.2) is 28.3 Å². The van der Waals surface area contributed by atoms with Crippen molar-refractivity contribution in [3.05, 3.63) is 71.8 Å². The minimum Gasteiger partial charge on any atom is -0.338 e. The number of amides is 2. The maximum Gasteiger partial charge on any atom is 0.267 e. The third-order valence-electron chi connectivity index (χ3n) is 3.35. The van der Waals surface area contributed by atoms with Crippen LogP contribution in [0, 0.1) is 0 Å². The number of hydrogen-bond donors (Lipinski definition) is 5. The van der Waals surface area contributed by atoms with Crippen LogP contribution in [-0.2, 0) is 4.79 Å². The van der Waals surface area contributed by atoms with Crippen LogP contribution in [0.4, 0.5) is 0 Å². The van der Waals surface area contributed by atoms with Gasteiger partial charge in [0, 0.05) is 5.56 Å². The van der Waals surface area contributed by atoms with Crippen molar-refractivity contribution in [3.63, 3.8) is 0 Å². The lowest BCUT2D eigenvalue weighted by Gasteiger charge is -2.25. The summed E-state index contributed by atoms with van der Waals surface area (Å²) >= 11 is 0. The summed E-state index contributed by atoms with van der Waals surface area (Å²) in [6.45, 7) is 0. The number of benzene rings is 2. The molecule has 2 aromatic rings. The number of carbonyl (C=O) groups excluding carboxylic acids is 2. The van der Waals surface area contributed by atoms with Crippen LogP contribution in [0.15, 0.2) is 60.7 Å². The van der Waals surface area contributed by atoms with Gasteiger partial charge in [-0.25, -0.2) is 5.48 Å². The molecule has 2 amide bonds. The second kappa shape index (κ2) is 8.04. The Labute approximate surface area is 132 Å². The van der Waals surface area contributed by atoms with Gasteiger partial charge in [0.1, 0.15) is 6.04 Å². The minimum atomic E-state index is -1.22. The van der Waals surface area contributed by atoms with Gasteiger partial charge in [-0.05, 0) is 17.7 Å². The van der Waals surface area contributed by atoms with E-state index < -0.39 is 23.9 Å².